The fourth-order valence-electron chi connectivity index (χ4n) is 1.94. The standard InChI is InChI=1S/C12H7N3O3S3/c13-5-7-1-2-9-8(3-7)4-11(20-9)21(17,18)15-6-10(16)14-12(15)19/h1-4H,6H2,(H,14,16,19). The van der Waals surface area contributed by atoms with E-state index in [0.717, 1.165) is 20.3 Å². The van der Waals surface area contributed by atoms with Crippen LogP contribution in [0.2, 0.25) is 0 Å². The first-order chi connectivity index (χ1) is 9.91. The van der Waals surface area contributed by atoms with Gasteiger partial charge in [-0.15, -0.1) is 11.3 Å². The smallest absolute Gasteiger partial charge is 0.276 e. The van der Waals surface area contributed by atoms with Gasteiger partial charge in [-0.3, -0.25) is 4.79 Å². The summed E-state index contributed by atoms with van der Waals surface area (Å²) in [7, 11) is -3.86. The Morgan fingerprint density at radius 2 is 2.14 bits per heavy atom. The second-order valence-corrected chi connectivity index (χ2v) is 7.85. The minimum atomic E-state index is -3.86. The SMILES string of the molecule is N#Cc1ccc2sc(S(=O)(=O)N3CC(=O)NC3=S)cc2c1. The molecule has 0 bridgehead atoms. The number of amides is 1. The molecule has 1 aromatic carbocycles. The number of carbonyl (C=O) groups is 1. The zero-order valence-corrected chi connectivity index (χ0v) is 12.8. The van der Waals surface area contributed by atoms with Gasteiger partial charge >= 0.3 is 0 Å². The summed E-state index contributed by atoms with van der Waals surface area (Å²) < 4.78 is 26.7. The van der Waals surface area contributed by atoms with E-state index in [0.29, 0.717) is 10.9 Å². The first kappa shape index (κ1) is 13.9. The van der Waals surface area contributed by atoms with Crippen LogP contribution in [-0.4, -0.2) is 30.3 Å². The Morgan fingerprint density at radius 1 is 1.38 bits per heavy atom. The van der Waals surface area contributed by atoms with Gasteiger partial charge in [0, 0.05) is 4.70 Å². The highest BCUT2D eigenvalue weighted by molar-refractivity contribution is 7.93. The molecular weight excluding hydrogens is 330 g/mol. The number of nitrogens with one attached hydrogen (secondary N) is 1. The van der Waals surface area contributed by atoms with Crippen LogP contribution >= 0.6 is 23.6 Å². The number of thiocarbonyl (C=S) groups is 1. The zero-order chi connectivity index (χ0) is 15.2. The van der Waals surface area contributed by atoms with E-state index in [1.807, 2.05) is 6.07 Å². The summed E-state index contributed by atoms with van der Waals surface area (Å²) in [5, 5.41) is 11.7. The minimum Gasteiger partial charge on any atom is -0.301 e. The van der Waals surface area contributed by atoms with E-state index in [-0.39, 0.29) is 15.9 Å². The molecule has 1 aromatic heterocycles. The summed E-state index contributed by atoms with van der Waals surface area (Å²) in [6.45, 7) is -0.307. The van der Waals surface area contributed by atoms with E-state index < -0.39 is 15.9 Å². The molecule has 106 valence electrons. The van der Waals surface area contributed by atoms with Gasteiger partial charge in [-0.1, -0.05) is 0 Å². The van der Waals surface area contributed by atoms with Crippen LogP contribution in [0.1, 0.15) is 5.56 Å². The highest BCUT2D eigenvalue weighted by Gasteiger charge is 2.35. The Hall–Kier alpha value is -2.02. The van der Waals surface area contributed by atoms with E-state index in [9.17, 15) is 13.2 Å². The van der Waals surface area contributed by atoms with Crippen LogP contribution in [0.15, 0.2) is 28.5 Å². The summed E-state index contributed by atoms with van der Waals surface area (Å²) in [5.74, 6) is -0.448. The first-order valence-corrected chi connectivity index (χ1v) is 8.38. The van der Waals surface area contributed by atoms with Crippen molar-refractivity contribution in [3.63, 3.8) is 0 Å². The Kier molecular flexibility index (Phi) is 3.16. The second kappa shape index (κ2) is 4.77. The number of nitriles is 1. The molecule has 6 nitrogen and oxygen atoms in total. The summed E-state index contributed by atoms with van der Waals surface area (Å²) in [4.78, 5) is 11.3. The quantitative estimate of drug-likeness (QED) is 0.831. The fraction of sp³-hybridized carbons (Fsp3) is 0.0833. The molecule has 2 heterocycles. The van der Waals surface area contributed by atoms with E-state index in [1.165, 1.54) is 6.07 Å². The van der Waals surface area contributed by atoms with Crippen molar-refractivity contribution in [2.24, 2.45) is 0 Å². The van der Waals surface area contributed by atoms with Gasteiger partial charge in [0.25, 0.3) is 10.0 Å². The molecule has 1 saturated heterocycles. The maximum absolute atomic E-state index is 12.5. The summed E-state index contributed by atoms with van der Waals surface area (Å²) >= 11 is 5.94. The van der Waals surface area contributed by atoms with Gasteiger partial charge in [0.05, 0.1) is 11.6 Å². The van der Waals surface area contributed by atoms with E-state index in [1.54, 1.807) is 18.2 Å². The third-order valence-corrected chi connectivity index (χ3v) is 6.68. The van der Waals surface area contributed by atoms with Crippen molar-refractivity contribution >= 4 is 54.7 Å². The third-order valence-electron chi connectivity index (χ3n) is 2.93. The van der Waals surface area contributed by atoms with E-state index >= 15 is 0 Å². The Labute approximate surface area is 129 Å². The van der Waals surface area contributed by atoms with Gasteiger partial charge in [-0.05, 0) is 41.9 Å². The lowest BCUT2D eigenvalue weighted by Gasteiger charge is -2.13. The van der Waals surface area contributed by atoms with Crippen molar-refractivity contribution in [1.82, 2.24) is 9.62 Å². The van der Waals surface area contributed by atoms with Crippen molar-refractivity contribution in [2.75, 3.05) is 6.54 Å². The average Bonchev–Trinajstić information content (AvgIpc) is 3.01. The van der Waals surface area contributed by atoms with Crippen LogP contribution in [0.5, 0.6) is 0 Å². The summed E-state index contributed by atoms with van der Waals surface area (Å²) in [5.41, 5.74) is 0.456. The van der Waals surface area contributed by atoms with E-state index in [2.05, 4.69) is 5.32 Å². The number of carbonyl (C=O) groups excluding carboxylic acids is 1. The molecule has 0 radical (unpaired) electrons. The summed E-state index contributed by atoms with van der Waals surface area (Å²) in [6, 6.07) is 8.44. The molecule has 1 N–H and O–H groups in total. The van der Waals surface area contributed by atoms with Crippen LogP contribution in [0, 0.1) is 11.3 Å². The molecule has 0 aliphatic carbocycles. The number of rotatable bonds is 2. The molecule has 1 amide bonds. The molecule has 21 heavy (non-hydrogen) atoms. The largest absolute Gasteiger partial charge is 0.301 e. The summed E-state index contributed by atoms with van der Waals surface area (Å²) in [6.07, 6.45) is 0. The van der Waals surface area contributed by atoms with Gasteiger partial charge in [0.15, 0.2) is 5.11 Å². The Balaban J connectivity index is 2.09. The molecule has 1 fully saturated rings. The van der Waals surface area contributed by atoms with E-state index in [4.69, 9.17) is 17.5 Å². The zero-order valence-electron chi connectivity index (χ0n) is 10.4. The lowest BCUT2D eigenvalue weighted by Crippen LogP contribution is -2.33. The van der Waals surface area contributed by atoms with Crippen LogP contribution in [0.4, 0.5) is 0 Å². The number of nitrogens with zero attached hydrogens (tertiary/aromatic N) is 2. The monoisotopic (exact) mass is 337 g/mol. The van der Waals surface area contributed by atoms with Crippen LogP contribution in [-0.2, 0) is 14.8 Å². The topological polar surface area (TPSA) is 90.3 Å². The lowest BCUT2D eigenvalue weighted by atomic mass is 10.2. The molecule has 1 aliphatic heterocycles. The molecule has 9 heteroatoms. The maximum Gasteiger partial charge on any atom is 0.276 e. The van der Waals surface area contributed by atoms with Gasteiger partial charge in [-0.2, -0.15) is 5.26 Å². The van der Waals surface area contributed by atoms with Crippen molar-refractivity contribution < 1.29 is 13.2 Å². The van der Waals surface area contributed by atoms with Crippen molar-refractivity contribution in [3.8, 4) is 6.07 Å². The van der Waals surface area contributed by atoms with Crippen LogP contribution in [0.3, 0.4) is 0 Å². The van der Waals surface area contributed by atoms with Crippen molar-refractivity contribution in [3.05, 3.63) is 29.8 Å². The van der Waals surface area contributed by atoms with Crippen molar-refractivity contribution in [2.45, 2.75) is 4.21 Å². The molecule has 0 unspecified atom stereocenters. The minimum absolute atomic E-state index is 0.0893. The third kappa shape index (κ3) is 2.27. The molecule has 0 atom stereocenters. The fourth-order valence-corrected chi connectivity index (χ4v) is 5.19. The molecule has 3 rings (SSSR count). The molecule has 2 aromatic rings. The van der Waals surface area contributed by atoms with Gasteiger partial charge < -0.3 is 5.32 Å². The maximum atomic E-state index is 12.5. The Bertz CT molecular complexity index is 924. The highest BCUT2D eigenvalue weighted by Crippen LogP contribution is 2.32. The van der Waals surface area contributed by atoms with Gasteiger partial charge in [0.2, 0.25) is 5.91 Å². The predicted molar refractivity (Wildman–Crippen MR) is 81.2 cm³/mol. The number of thiophene rings is 1. The van der Waals surface area contributed by atoms with Gasteiger partial charge in [0.1, 0.15) is 10.8 Å². The number of hydrogen-bond donors (Lipinski definition) is 1. The Morgan fingerprint density at radius 3 is 2.76 bits per heavy atom. The highest BCUT2D eigenvalue weighted by atomic mass is 32.2. The molecule has 1 aliphatic rings. The molecule has 0 saturated carbocycles. The predicted octanol–water partition coefficient (Wildman–Crippen LogP) is 1.18. The second-order valence-electron chi connectivity index (χ2n) is 4.29. The average molecular weight is 337 g/mol. The first-order valence-electron chi connectivity index (χ1n) is 5.72. The van der Waals surface area contributed by atoms with Crippen LogP contribution < -0.4 is 5.32 Å². The van der Waals surface area contributed by atoms with Gasteiger partial charge in [-0.25, -0.2) is 12.7 Å². The van der Waals surface area contributed by atoms with Crippen molar-refractivity contribution in [1.29, 1.82) is 5.26 Å². The number of sulfonamides is 1. The van der Waals surface area contributed by atoms with Crippen LogP contribution in [0.25, 0.3) is 10.1 Å². The number of hydrogen-bond acceptors (Lipinski definition) is 6. The number of fused-ring (bicyclic) bond motifs is 1. The molecular formula is C12H7N3O3S3. The lowest BCUT2D eigenvalue weighted by molar-refractivity contribution is -0.118. The molecule has 0 spiro atoms. The normalized spacial score (nSPS) is 15.3. The number of benzene rings is 1.